The minimum Gasteiger partial charge on any atom is -0.292 e. The van der Waals surface area contributed by atoms with E-state index in [1.807, 2.05) is 0 Å². The summed E-state index contributed by atoms with van der Waals surface area (Å²) < 4.78 is 22.3. The molecule has 0 rings (SSSR count). The van der Waals surface area contributed by atoms with Crippen molar-refractivity contribution >= 4 is 27.1 Å². The van der Waals surface area contributed by atoms with Gasteiger partial charge in [0.1, 0.15) is 4.91 Å². The van der Waals surface area contributed by atoms with Crippen LogP contribution >= 0.6 is 11.6 Å². The lowest BCUT2D eigenvalue weighted by molar-refractivity contribution is 0.609. The molecule has 0 aliphatic rings. The summed E-state index contributed by atoms with van der Waals surface area (Å²) in [5, 5.41) is 0.251. The topological polar surface area (TPSA) is 46.5 Å². The van der Waals surface area contributed by atoms with E-state index in [9.17, 15) is 8.42 Å². The van der Waals surface area contributed by atoms with Crippen molar-refractivity contribution in [2.75, 3.05) is 13.3 Å². The fraction of sp³-hybridized carbons (Fsp3) is 0.571. The SMILES string of the molecule is CN=C(C)/C(=C(\C)Cl)S(C)(=O)=O. The third-order valence-corrected chi connectivity index (χ3v) is 2.99. The largest absolute Gasteiger partial charge is 0.292 e. The normalized spacial score (nSPS) is 15.9. The molecule has 0 aromatic carbocycles. The van der Waals surface area contributed by atoms with Crippen LogP contribution in [-0.4, -0.2) is 27.4 Å². The smallest absolute Gasteiger partial charge is 0.178 e. The maximum Gasteiger partial charge on any atom is 0.178 e. The molecule has 70 valence electrons. The van der Waals surface area contributed by atoms with Crippen LogP contribution in [0.4, 0.5) is 0 Å². The zero-order valence-corrected chi connectivity index (χ0v) is 9.12. The molecule has 3 nitrogen and oxygen atoms in total. The average molecular weight is 210 g/mol. The third-order valence-electron chi connectivity index (χ3n) is 1.35. The maximum atomic E-state index is 11.2. The van der Waals surface area contributed by atoms with Crippen LogP contribution in [0.15, 0.2) is 14.9 Å². The van der Waals surface area contributed by atoms with Crippen molar-refractivity contribution < 1.29 is 8.42 Å². The van der Waals surface area contributed by atoms with Crippen molar-refractivity contribution in [3.05, 3.63) is 9.94 Å². The molecule has 0 saturated heterocycles. The highest BCUT2D eigenvalue weighted by Gasteiger charge is 2.16. The fourth-order valence-electron chi connectivity index (χ4n) is 0.875. The summed E-state index contributed by atoms with van der Waals surface area (Å²) in [6, 6.07) is 0. The Hall–Kier alpha value is -0.350. The van der Waals surface area contributed by atoms with Gasteiger partial charge in [0.15, 0.2) is 9.84 Å². The summed E-state index contributed by atoms with van der Waals surface area (Å²) >= 11 is 5.62. The zero-order chi connectivity index (χ0) is 9.94. The van der Waals surface area contributed by atoms with Crippen LogP contribution in [0.3, 0.4) is 0 Å². The second-order valence-corrected chi connectivity index (χ2v) is 4.96. The second-order valence-electron chi connectivity index (χ2n) is 2.44. The highest BCUT2D eigenvalue weighted by atomic mass is 35.5. The Morgan fingerprint density at radius 2 is 1.75 bits per heavy atom. The summed E-state index contributed by atoms with van der Waals surface area (Å²) in [4.78, 5) is 3.89. The minimum absolute atomic E-state index is 0.117. The highest BCUT2D eigenvalue weighted by Crippen LogP contribution is 2.16. The molecule has 0 amide bonds. The van der Waals surface area contributed by atoms with E-state index in [0.717, 1.165) is 6.26 Å². The number of allylic oxidation sites excluding steroid dienone is 2. The number of sulfone groups is 1. The van der Waals surface area contributed by atoms with Crippen LogP contribution in [-0.2, 0) is 9.84 Å². The summed E-state index contributed by atoms with van der Waals surface area (Å²) in [6.07, 6.45) is 1.11. The quantitative estimate of drug-likeness (QED) is 0.649. The molecule has 0 spiro atoms. The van der Waals surface area contributed by atoms with Gasteiger partial charge in [0.2, 0.25) is 0 Å². The van der Waals surface area contributed by atoms with Crippen LogP contribution in [0.1, 0.15) is 13.8 Å². The van der Waals surface area contributed by atoms with Gasteiger partial charge in [0, 0.05) is 18.3 Å². The van der Waals surface area contributed by atoms with Crippen molar-refractivity contribution in [2.24, 2.45) is 4.99 Å². The molecule has 0 aromatic heterocycles. The zero-order valence-electron chi connectivity index (χ0n) is 7.55. The van der Waals surface area contributed by atoms with Crippen molar-refractivity contribution in [1.29, 1.82) is 0 Å². The van der Waals surface area contributed by atoms with Gasteiger partial charge in [-0.1, -0.05) is 11.6 Å². The molecule has 0 heterocycles. The van der Waals surface area contributed by atoms with Gasteiger partial charge in [-0.25, -0.2) is 8.42 Å². The van der Waals surface area contributed by atoms with E-state index in [4.69, 9.17) is 11.6 Å². The van der Waals surface area contributed by atoms with E-state index >= 15 is 0 Å². The first-order valence-electron chi connectivity index (χ1n) is 3.31. The molecule has 0 saturated carbocycles. The predicted molar refractivity (Wildman–Crippen MR) is 52.4 cm³/mol. The molecule has 0 aromatic rings. The van der Waals surface area contributed by atoms with Crippen LogP contribution < -0.4 is 0 Å². The van der Waals surface area contributed by atoms with Crippen molar-refractivity contribution in [1.82, 2.24) is 0 Å². The number of nitrogens with zero attached hydrogens (tertiary/aromatic N) is 1. The van der Waals surface area contributed by atoms with Crippen LogP contribution in [0.5, 0.6) is 0 Å². The molecule has 0 N–H and O–H groups in total. The van der Waals surface area contributed by atoms with Crippen molar-refractivity contribution in [3.63, 3.8) is 0 Å². The molecule has 0 fully saturated rings. The summed E-state index contributed by atoms with van der Waals surface area (Å²) in [7, 11) is -1.73. The predicted octanol–water partition coefficient (Wildman–Crippen LogP) is 1.59. The van der Waals surface area contributed by atoms with Gasteiger partial charge in [-0.3, -0.25) is 4.99 Å². The van der Waals surface area contributed by atoms with Crippen LogP contribution in [0.25, 0.3) is 0 Å². The van der Waals surface area contributed by atoms with Gasteiger partial charge >= 0.3 is 0 Å². The number of halogens is 1. The second kappa shape index (κ2) is 4.05. The molecule has 0 radical (unpaired) electrons. The van der Waals surface area contributed by atoms with Crippen molar-refractivity contribution in [2.45, 2.75) is 13.8 Å². The Kier molecular flexibility index (Phi) is 3.93. The molecular weight excluding hydrogens is 198 g/mol. The van der Waals surface area contributed by atoms with Crippen LogP contribution in [0, 0.1) is 0 Å². The lowest BCUT2D eigenvalue weighted by Gasteiger charge is -2.04. The molecule has 0 unspecified atom stereocenters. The van der Waals surface area contributed by atoms with Crippen molar-refractivity contribution in [3.8, 4) is 0 Å². The Morgan fingerprint density at radius 3 is 1.83 bits per heavy atom. The highest BCUT2D eigenvalue weighted by molar-refractivity contribution is 7.95. The van der Waals surface area contributed by atoms with E-state index in [-0.39, 0.29) is 9.94 Å². The fourth-order valence-corrected chi connectivity index (χ4v) is 2.57. The van der Waals surface area contributed by atoms with Gasteiger partial charge in [0.25, 0.3) is 0 Å². The maximum absolute atomic E-state index is 11.2. The average Bonchev–Trinajstić information content (AvgIpc) is 1.83. The number of hydrogen-bond acceptors (Lipinski definition) is 3. The Balaban J connectivity index is 5.44. The molecule has 0 aliphatic heterocycles. The number of aliphatic imine (C=N–C) groups is 1. The Bertz CT molecular complexity index is 323. The first kappa shape index (κ1) is 11.6. The van der Waals surface area contributed by atoms with E-state index in [1.54, 1.807) is 6.92 Å². The lowest BCUT2D eigenvalue weighted by atomic mass is 10.4. The van der Waals surface area contributed by atoms with E-state index in [1.165, 1.54) is 14.0 Å². The number of rotatable bonds is 2. The Labute approximate surface area is 78.1 Å². The van der Waals surface area contributed by atoms with Crippen LogP contribution in [0.2, 0.25) is 0 Å². The molecule has 0 aliphatic carbocycles. The van der Waals surface area contributed by atoms with E-state index < -0.39 is 9.84 Å². The summed E-state index contributed by atoms with van der Waals surface area (Å²) in [5.74, 6) is 0. The first-order chi connectivity index (χ1) is 5.30. The molecule has 0 atom stereocenters. The standard InChI is InChI=1S/C7H12ClNO2S/c1-5(8)7(6(2)9-3)12(4,10)11/h1-4H3/b7-5-,9-6?. The molecular formula is C7H12ClNO2S. The minimum atomic E-state index is -3.26. The lowest BCUT2D eigenvalue weighted by Crippen LogP contribution is -2.10. The molecule has 12 heavy (non-hydrogen) atoms. The van der Waals surface area contributed by atoms with Gasteiger partial charge in [-0.2, -0.15) is 0 Å². The molecule has 0 bridgehead atoms. The first-order valence-corrected chi connectivity index (χ1v) is 5.57. The monoisotopic (exact) mass is 209 g/mol. The van der Waals surface area contributed by atoms with Gasteiger partial charge in [0.05, 0.1) is 5.71 Å². The van der Waals surface area contributed by atoms with Gasteiger partial charge < -0.3 is 0 Å². The van der Waals surface area contributed by atoms with E-state index in [2.05, 4.69) is 4.99 Å². The molecule has 5 heteroatoms. The summed E-state index contributed by atoms with van der Waals surface area (Å²) in [6.45, 7) is 3.15. The third kappa shape index (κ3) is 2.95. The number of hydrogen-bond donors (Lipinski definition) is 0. The Morgan fingerprint density at radius 1 is 1.33 bits per heavy atom. The van der Waals surface area contributed by atoms with Gasteiger partial charge in [-0.05, 0) is 13.8 Å². The van der Waals surface area contributed by atoms with E-state index in [0.29, 0.717) is 5.71 Å². The summed E-state index contributed by atoms with van der Waals surface area (Å²) in [5.41, 5.74) is 0.435. The van der Waals surface area contributed by atoms with Gasteiger partial charge in [-0.15, -0.1) is 0 Å².